The monoisotopic (exact) mass is 341 g/mol. The average Bonchev–Trinajstić information content (AvgIpc) is 2.33. The first-order valence-corrected chi connectivity index (χ1v) is 6.14. The summed E-state index contributed by atoms with van der Waals surface area (Å²) in [4.78, 5) is 0. The second-order valence-corrected chi connectivity index (χ2v) is 4.63. The molecule has 0 aromatic heterocycles. The lowest BCUT2D eigenvalue weighted by Crippen LogP contribution is -1.91. The number of hydrogen-bond donors (Lipinski definition) is 1. The highest BCUT2D eigenvalue weighted by Crippen LogP contribution is 2.29. The minimum absolute atomic E-state index is 0.729. The summed E-state index contributed by atoms with van der Waals surface area (Å²) in [6.45, 7) is 0. The van der Waals surface area contributed by atoms with Gasteiger partial charge in [0, 0.05) is 11.8 Å². The molecule has 17 heavy (non-hydrogen) atoms. The molecule has 0 spiro atoms. The SMILES string of the molecule is COc1cccc(Oc2ccc(N)cc2I)c1. The van der Waals surface area contributed by atoms with Gasteiger partial charge in [0.2, 0.25) is 0 Å². The summed E-state index contributed by atoms with van der Waals surface area (Å²) in [5, 5.41) is 0. The molecule has 0 unspecified atom stereocenters. The fraction of sp³-hybridized carbons (Fsp3) is 0.0769. The Bertz CT molecular complexity index is 529. The van der Waals surface area contributed by atoms with Gasteiger partial charge in [-0.15, -0.1) is 0 Å². The van der Waals surface area contributed by atoms with E-state index in [-0.39, 0.29) is 0 Å². The molecule has 0 atom stereocenters. The van der Waals surface area contributed by atoms with Crippen LogP contribution in [0.25, 0.3) is 0 Å². The van der Waals surface area contributed by atoms with Crippen molar-refractivity contribution in [1.82, 2.24) is 0 Å². The predicted octanol–water partition coefficient (Wildman–Crippen LogP) is 3.67. The number of rotatable bonds is 3. The molecule has 88 valence electrons. The van der Waals surface area contributed by atoms with Gasteiger partial charge in [0.05, 0.1) is 10.7 Å². The van der Waals surface area contributed by atoms with E-state index >= 15 is 0 Å². The maximum atomic E-state index is 5.76. The van der Waals surface area contributed by atoms with Crippen LogP contribution >= 0.6 is 22.6 Å². The normalized spacial score (nSPS) is 10.0. The average molecular weight is 341 g/mol. The Labute approximate surface area is 114 Å². The highest BCUT2D eigenvalue weighted by molar-refractivity contribution is 14.1. The number of ether oxygens (including phenoxy) is 2. The van der Waals surface area contributed by atoms with Crippen molar-refractivity contribution in [1.29, 1.82) is 0 Å². The molecular weight excluding hydrogens is 329 g/mol. The van der Waals surface area contributed by atoms with Crippen molar-refractivity contribution in [2.24, 2.45) is 0 Å². The number of anilines is 1. The van der Waals surface area contributed by atoms with Gasteiger partial charge in [-0.25, -0.2) is 0 Å². The van der Waals surface area contributed by atoms with E-state index in [0.717, 1.165) is 26.5 Å². The molecule has 0 saturated carbocycles. The van der Waals surface area contributed by atoms with Crippen LogP contribution in [0.2, 0.25) is 0 Å². The van der Waals surface area contributed by atoms with Crippen molar-refractivity contribution in [3.05, 3.63) is 46.0 Å². The first kappa shape index (κ1) is 12.0. The maximum Gasteiger partial charge on any atom is 0.140 e. The summed E-state index contributed by atoms with van der Waals surface area (Å²) in [6, 6.07) is 13.0. The van der Waals surface area contributed by atoms with Crippen LogP contribution < -0.4 is 15.2 Å². The van der Waals surface area contributed by atoms with Gasteiger partial charge in [-0.2, -0.15) is 0 Å². The highest BCUT2D eigenvalue weighted by Gasteiger charge is 2.03. The molecule has 0 amide bonds. The largest absolute Gasteiger partial charge is 0.497 e. The number of benzene rings is 2. The predicted molar refractivity (Wildman–Crippen MR) is 76.6 cm³/mol. The smallest absolute Gasteiger partial charge is 0.140 e. The highest BCUT2D eigenvalue weighted by atomic mass is 127. The van der Waals surface area contributed by atoms with E-state index in [0.29, 0.717) is 0 Å². The van der Waals surface area contributed by atoms with Gasteiger partial charge in [-0.05, 0) is 52.9 Å². The van der Waals surface area contributed by atoms with Gasteiger partial charge in [0.1, 0.15) is 17.2 Å². The lowest BCUT2D eigenvalue weighted by Gasteiger charge is -2.09. The fourth-order valence-corrected chi connectivity index (χ4v) is 2.04. The molecule has 0 saturated heterocycles. The minimum Gasteiger partial charge on any atom is -0.497 e. The van der Waals surface area contributed by atoms with E-state index in [4.69, 9.17) is 15.2 Å². The summed E-state index contributed by atoms with van der Waals surface area (Å²) >= 11 is 2.19. The summed E-state index contributed by atoms with van der Waals surface area (Å²) < 4.78 is 11.9. The van der Waals surface area contributed by atoms with Gasteiger partial charge in [-0.1, -0.05) is 6.07 Å². The molecule has 0 radical (unpaired) electrons. The van der Waals surface area contributed by atoms with E-state index in [1.807, 2.05) is 42.5 Å². The van der Waals surface area contributed by atoms with Gasteiger partial charge in [0.15, 0.2) is 0 Å². The zero-order chi connectivity index (χ0) is 12.3. The van der Waals surface area contributed by atoms with E-state index < -0.39 is 0 Å². The second kappa shape index (κ2) is 5.27. The molecule has 2 aromatic rings. The zero-order valence-corrected chi connectivity index (χ0v) is 11.5. The van der Waals surface area contributed by atoms with Crippen molar-refractivity contribution in [3.63, 3.8) is 0 Å². The first-order chi connectivity index (χ1) is 8.19. The third kappa shape index (κ3) is 3.03. The van der Waals surface area contributed by atoms with Crippen LogP contribution in [0.15, 0.2) is 42.5 Å². The molecular formula is C13H12INO2. The lowest BCUT2D eigenvalue weighted by molar-refractivity contribution is 0.409. The van der Waals surface area contributed by atoms with Crippen molar-refractivity contribution in [2.45, 2.75) is 0 Å². The van der Waals surface area contributed by atoms with Gasteiger partial charge in [0.25, 0.3) is 0 Å². The van der Waals surface area contributed by atoms with Gasteiger partial charge < -0.3 is 15.2 Å². The summed E-state index contributed by atoms with van der Waals surface area (Å²) in [5.74, 6) is 2.30. The van der Waals surface area contributed by atoms with E-state index in [2.05, 4.69) is 22.6 Å². The van der Waals surface area contributed by atoms with Crippen LogP contribution in [0.3, 0.4) is 0 Å². The molecule has 0 fully saturated rings. The Hall–Kier alpha value is -1.43. The number of hydrogen-bond acceptors (Lipinski definition) is 3. The molecule has 2 N–H and O–H groups in total. The van der Waals surface area contributed by atoms with Crippen molar-refractivity contribution < 1.29 is 9.47 Å². The molecule has 2 aromatic carbocycles. The van der Waals surface area contributed by atoms with E-state index in [1.165, 1.54) is 0 Å². The summed E-state index contributed by atoms with van der Waals surface area (Å²) in [7, 11) is 1.63. The van der Waals surface area contributed by atoms with E-state index in [1.54, 1.807) is 7.11 Å². The zero-order valence-electron chi connectivity index (χ0n) is 9.31. The van der Waals surface area contributed by atoms with Crippen molar-refractivity contribution in [3.8, 4) is 17.2 Å². The summed E-state index contributed by atoms with van der Waals surface area (Å²) in [5.41, 5.74) is 6.42. The molecule has 0 heterocycles. The van der Waals surface area contributed by atoms with E-state index in [9.17, 15) is 0 Å². The Morgan fingerprint density at radius 1 is 1.06 bits per heavy atom. The second-order valence-electron chi connectivity index (χ2n) is 3.47. The van der Waals surface area contributed by atoms with Crippen molar-refractivity contribution >= 4 is 28.3 Å². The van der Waals surface area contributed by atoms with Crippen LogP contribution in [0.5, 0.6) is 17.2 Å². The third-order valence-corrected chi connectivity index (χ3v) is 3.07. The van der Waals surface area contributed by atoms with Crippen LogP contribution in [-0.4, -0.2) is 7.11 Å². The lowest BCUT2D eigenvalue weighted by atomic mass is 10.3. The van der Waals surface area contributed by atoms with Crippen LogP contribution in [0.1, 0.15) is 0 Å². The Kier molecular flexibility index (Phi) is 3.73. The summed E-state index contributed by atoms with van der Waals surface area (Å²) in [6.07, 6.45) is 0. The molecule has 4 heteroatoms. The number of nitrogen functional groups attached to an aromatic ring is 1. The Morgan fingerprint density at radius 3 is 2.53 bits per heavy atom. The number of methoxy groups -OCH3 is 1. The quantitative estimate of drug-likeness (QED) is 0.684. The fourth-order valence-electron chi connectivity index (χ4n) is 1.39. The topological polar surface area (TPSA) is 44.5 Å². The Morgan fingerprint density at radius 2 is 1.82 bits per heavy atom. The van der Waals surface area contributed by atoms with Crippen LogP contribution in [0.4, 0.5) is 5.69 Å². The molecule has 2 rings (SSSR count). The van der Waals surface area contributed by atoms with Crippen LogP contribution in [-0.2, 0) is 0 Å². The molecule has 0 aliphatic heterocycles. The van der Waals surface area contributed by atoms with Gasteiger partial charge >= 0.3 is 0 Å². The van der Waals surface area contributed by atoms with Crippen LogP contribution in [0, 0.1) is 3.57 Å². The standard InChI is InChI=1S/C13H12INO2/c1-16-10-3-2-4-11(8-10)17-13-6-5-9(15)7-12(13)14/h2-8H,15H2,1H3. The number of halogens is 1. The maximum absolute atomic E-state index is 5.76. The molecule has 0 aliphatic carbocycles. The molecule has 3 nitrogen and oxygen atoms in total. The first-order valence-electron chi connectivity index (χ1n) is 5.06. The van der Waals surface area contributed by atoms with Crippen molar-refractivity contribution in [2.75, 3.05) is 12.8 Å². The molecule has 0 bridgehead atoms. The molecule has 0 aliphatic rings. The third-order valence-electron chi connectivity index (χ3n) is 2.22. The minimum atomic E-state index is 0.729. The Balaban J connectivity index is 2.25. The van der Waals surface area contributed by atoms with Gasteiger partial charge in [-0.3, -0.25) is 0 Å². The number of nitrogens with two attached hydrogens (primary N) is 1.